The Bertz CT molecular complexity index is 1040. The molecule has 3 heterocycles. The van der Waals surface area contributed by atoms with E-state index in [0.29, 0.717) is 12.2 Å². The van der Waals surface area contributed by atoms with Gasteiger partial charge in [0.2, 0.25) is 0 Å². The van der Waals surface area contributed by atoms with Crippen molar-refractivity contribution >= 4 is 44.1 Å². The first-order valence-corrected chi connectivity index (χ1v) is 9.29. The molecule has 0 unspecified atom stereocenters. The molecule has 3 aromatic heterocycles. The Morgan fingerprint density at radius 3 is 2.80 bits per heavy atom. The maximum absolute atomic E-state index is 12.5. The Morgan fingerprint density at radius 2 is 2.00 bits per heavy atom. The molecule has 0 fully saturated rings. The van der Waals surface area contributed by atoms with Gasteiger partial charge in [-0.1, -0.05) is 18.2 Å². The smallest absolute Gasteiger partial charge is 0.269 e. The van der Waals surface area contributed by atoms with Crippen LogP contribution in [0.4, 0.5) is 0 Å². The van der Waals surface area contributed by atoms with Gasteiger partial charge in [0.05, 0.1) is 16.7 Å². The molecule has 0 bridgehead atoms. The zero-order chi connectivity index (χ0) is 17.2. The monoisotopic (exact) mass is 412 g/mol. The fraction of sp³-hybridized carbons (Fsp3) is 0.0556. The molecule has 2 N–H and O–H groups in total. The largest absolute Gasteiger partial charge is 0.350 e. The van der Waals surface area contributed by atoms with E-state index in [1.165, 1.54) is 11.3 Å². The Kier molecular flexibility index (Phi) is 4.33. The molecule has 0 aliphatic carbocycles. The molecule has 5 nitrogen and oxygen atoms in total. The lowest BCUT2D eigenvalue weighted by molar-refractivity contribution is 0.0946. The molecule has 1 amide bonds. The first-order valence-electron chi connectivity index (χ1n) is 7.61. The molecule has 0 saturated carbocycles. The second-order valence-electron chi connectivity index (χ2n) is 5.40. The quantitative estimate of drug-likeness (QED) is 0.522. The van der Waals surface area contributed by atoms with Crippen LogP contribution < -0.4 is 5.32 Å². The minimum Gasteiger partial charge on any atom is -0.350 e. The van der Waals surface area contributed by atoms with E-state index < -0.39 is 0 Å². The fourth-order valence-corrected chi connectivity index (χ4v) is 3.92. The number of carbonyl (C=O) groups excluding carboxylic acids is 1. The van der Waals surface area contributed by atoms with E-state index >= 15 is 0 Å². The van der Waals surface area contributed by atoms with Crippen molar-refractivity contribution in [1.29, 1.82) is 0 Å². The third kappa shape index (κ3) is 3.20. The third-order valence-electron chi connectivity index (χ3n) is 3.80. The first-order chi connectivity index (χ1) is 12.2. The number of pyridine rings is 1. The number of fused-ring (bicyclic) bond motifs is 1. The summed E-state index contributed by atoms with van der Waals surface area (Å²) in [4.78, 5) is 24.2. The van der Waals surface area contributed by atoms with Crippen LogP contribution in [-0.4, -0.2) is 20.9 Å². The van der Waals surface area contributed by atoms with Gasteiger partial charge >= 0.3 is 0 Å². The third-order valence-corrected chi connectivity index (χ3v) is 5.47. The molecule has 0 radical (unpaired) electrons. The molecular formula is C18H13BrN4OS. The molecule has 7 heteroatoms. The number of H-pyrrole nitrogens is 1. The van der Waals surface area contributed by atoms with Crippen LogP contribution >= 0.6 is 27.3 Å². The number of nitrogens with one attached hydrogen (secondary N) is 2. The number of benzene rings is 1. The lowest BCUT2D eigenvalue weighted by atomic mass is 10.2. The van der Waals surface area contributed by atoms with Gasteiger partial charge in [-0.05, 0) is 34.1 Å². The summed E-state index contributed by atoms with van der Waals surface area (Å²) >= 11 is 5.02. The van der Waals surface area contributed by atoms with Crippen LogP contribution in [0, 0.1) is 0 Å². The number of para-hydroxylation sites is 1. The number of thiazole rings is 1. The summed E-state index contributed by atoms with van der Waals surface area (Å²) < 4.78 is 0.775. The number of hydrogen-bond acceptors (Lipinski definition) is 4. The van der Waals surface area contributed by atoms with Crippen molar-refractivity contribution < 1.29 is 4.79 Å². The number of aromatic amines is 1. The summed E-state index contributed by atoms with van der Waals surface area (Å²) in [5, 5.41) is 6.74. The van der Waals surface area contributed by atoms with Crippen LogP contribution in [0.5, 0.6) is 0 Å². The number of hydrogen-bond donors (Lipinski definition) is 2. The number of halogens is 1. The van der Waals surface area contributed by atoms with Crippen molar-refractivity contribution in [2.45, 2.75) is 6.54 Å². The van der Waals surface area contributed by atoms with Crippen LogP contribution in [0.15, 0.2) is 58.6 Å². The minimum absolute atomic E-state index is 0.163. The van der Waals surface area contributed by atoms with Crippen LogP contribution in [0.25, 0.3) is 22.2 Å². The zero-order valence-corrected chi connectivity index (χ0v) is 15.4. The van der Waals surface area contributed by atoms with Gasteiger partial charge in [0.15, 0.2) is 0 Å². The van der Waals surface area contributed by atoms with Crippen LogP contribution in [0.3, 0.4) is 0 Å². The highest BCUT2D eigenvalue weighted by Crippen LogP contribution is 2.27. The second kappa shape index (κ2) is 6.78. The molecular weight excluding hydrogens is 400 g/mol. The minimum atomic E-state index is -0.163. The number of nitrogens with zero attached hydrogens (tertiary/aromatic N) is 2. The molecule has 0 spiro atoms. The van der Waals surface area contributed by atoms with E-state index in [1.807, 2.05) is 41.8 Å². The summed E-state index contributed by atoms with van der Waals surface area (Å²) in [6.45, 7) is 0.385. The molecule has 1 aromatic carbocycles. The predicted molar refractivity (Wildman–Crippen MR) is 103 cm³/mol. The molecule has 4 rings (SSSR count). The van der Waals surface area contributed by atoms with Gasteiger partial charge in [-0.15, -0.1) is 11.3 Å². The lowest BCUT2D eigenvalue weighted by Crippen LogP contribution is -2.23. The van der Waals surface area contributed by atoms with E-state index in [4.69, 9.17) is 0 Å². The molecule has 0 aliphatic rings. The molecule has 124 valence electrons. The first kappa shape index (κ1) is 16.0. The Balaban J connectivity index is 1.48. The average Bonchev–Trinajstić information content (AvgIpc) is 3.26. The number of carbonyl (C=O) groups is 1. The van der Waals surface area contributed by atoms with Crippen molar-refractivity contribution in [3.8, 4) is 11.3 Å². The van der Waals surface area contributed by atoms with Crippen molar-refractivity contribution in [3.05, 3.63) is 69.3 Å². The van der Waals surface area contributed by atoms with E-state index in [0.717, 1.165) is 31.6 Å². The average molecular weight is 413 g/mol. The Morgan fingerprint density at radius 1 is 1.20 bits per heavy atom. The van der Waals surface area contributed by atoms with E-state index in [2.05, 4.69) is 36.2 Å². The lowest BCUT2D eigenvalue weighted by Gasteiger charge is -2.02. The molecule has 0 atom stereocenters. The van der Waals surface area contributed by atoms with Crippen LogP contribution in [0.2, 0.25) is 0 Å². The highest BCUT2D eigenvalue weighted by Gasteiger charge is 2.16. The number of aromatic nitrogens is 3. The van der Waals surface area contributed by atoms with Gasteiger partial charge in [0, 0.05) is 34.2 Å². The normalized spacial score (nSPS) is 10.9. The van der Waals surface area contributed by atoms with Gasteiger partial charge in [-0.2, -0.15) is 0 Å². The SMILES string of the molecule is O=C(NCc1nc(-c2ccncc2)cs1)c1[nH]c2ccccc2c1Br. The predicted octanol–water partition coefficient (Wildman–Crippen LogP) is 4.38. The van der Waals surface area contributed by atoms with E-state index in [9.17, 15) is 4.79 Å². The summed E-state index contributed by atoms with van der Waals surface area (Å²) in [6, 6.07) is 11.6. The van der Waals surface area contributed by atoms with Crippen LogP contribution in [0.1, 0.15) is 15.5 Å². The van der Waals surface area contributed by atoms with Gasteiger partial charge in [0.1, 0.15) is 10.7 Å². The van der Waals surface area contributed by atoms with Crippen LogP contribution in [-0.2, 0) is 6.54 Å². The molecule has 25 heavy (non-hydrogen) atoms. The maximum Gasteiger partial charge on any atom is 0.269 e. The van der Waals surface area contributed by atoms with E-state index in [-0.39, 0.29) is 5.91 Å². The topological polar surface area (TPSA) is 70.7 Å². The fourth-order valence-electron chi connectivity index (χ4n) is 2.56. The van der Waals surface area contributed by atoms with Crippen molar-refractivity contribution in [2.24, 2.45) is 0 Å². The van der Waals surface area contributed by atoms with Crippen molar-refractivity contribution in [2.75, 3.05) is 0 Å². The summed E-state index contributed by atoms with van der Waals surface area (Å²) in [6.07, 6.45) is 3.48. The summed E-state index contributed by atoms with van der Waals surface area (Å²) in [5.41, 5.74) is 3.35. The second-order valence-corrected chi connectivity index (χ2v) is 7.14. The molecule has 4 aromatic rings. The highest BCUT2D eigenvalue weighted by atomic mass is 79.9. The highest BCUT2D eigenvalue weighted by molar-refractivity contribution is 9.10. The van der Waals surface area contributed by atoms with Gasteiger partial charge in [-0.3, -0.25) is 9.78 Å². The van der Waals surface area contributed by atoms with Gasteiger partial charge in [0.25, 0.3) is 5.91 Å². The maximum atomic E-state index is 12.5. The number of amides is 1. The Labute approximate surface area is 156 Å². The standard InChI is InChI=1S/C18H13BrN4OS/c19-16-12-3-1-2-4-13(12)23-17(16)18(24)21-9-15-22-14(10-25-15)11-5-7-20-8-6-11/h1-8,10,23H,9H2,(H,21,24). The zero-order valence-electron chi connectivity index (χ0n) is 13.0. The summed E-state index contributed by atoms with van der Waals surface area (Å²) in [5.74, 6) is -0.163. The molecule has 0 aliphatic heterocycles. The molecule has 0 saturated heterocycles. The Hall–Kier alpha value is -2.51. The van der Waals surface area contributed by atoms with Gasteiger partial charge < -0.3 is 10.3 Å². The van der Waals surface area contributed by atoms with Crippen molar-refractivity contribution in [1.82, 2.24) is 20.3 Å². The number of rotatable bonds is 4. The van der Waals surface area contributed by atoms with E-state index in [1.54, 1.807) is 12.4 Å². The van der Waals surface area contributed by atoms with Gasteiger partial charge in [-0.25, -0.2) is 4.98 Å². The van der Waals surface area contributed by atoms with Crippen molar-refractivity contribution in [3.63, 3.8) is 0 Å². The summed E-state index contributed by atoms with van der Waals surface area (Å²) in [7, 11) is 0.